The molecule has 0 fully saturated rings. The van der Waals surface area contributed by atoms with E-state index in [1.807, 2.05) is 0 Å². The zero-order valence-corrected chi connectivity index (χ0v) is 13.9. The second-order valence-corrected chi connectivity index (χ2v) is 6.12. The molecule has 1 atom stereocenters. The third-order valence-corrected chi connectivity index (χ3v) is 3.80. The van der Waals surface area contributed by atoms with E-state index in [0.717, 1.165) is 16.2 Å². The van der Waals surface area contributed by atoms with Crippen LogP contribution in [0.15, 0.2) is 22.8 Å². The highest BCUT2D eigenvalue weighted by Gasteiger charge is 2.11. The fourth-order valence-electron chi connectivity index (χ4n) is 1.39. The first kappa shape index (κ1) is 15.8. The topological polar surface area (TPSA) is 67.3 Å². The highest BCUT2D eigenvalue weighted by Crippen LogP contribution is 2.33. The average molecular weight is 399 g/mol. The van der Waals surface area contributed by atoms with E-state index in [1.165, 1.54) is 6.20 Å². The van der Waals surface area contributed by atoms with Gasteiger partial charge in [-0.05, 0) is 12.1 Å². The minimum Gasteiger partial charge on any atom is -0.473 e. The number of hydrogen-bond donors (Lipinski definition) is 2. The summed E-state index contributed by atoms with van der Waals surface area (Å²) in [6.07, 6.45) is 0.764. The molecular formula is C11H10BrCl2N3O2S. The molecular weight excluding hydrogens is 389 g/mol. The van der Waals surface area contributed by atoms with Crippen LogP contribution in [0.1, 0.15) is 0 Å². The summed E-state index contributed by atoms with van der Waals surface area (Å²) in [5.41, 5.74) is 0.575. The third-order valence-electron chi connectivity index (χ3n) is 2.29. The van der Waals surface area contributed by atoms with Crippen molar-refractivity contribution in [3.8, 4) is 5.88 Å². The number of ether oxygens (including phenoxy) is 1. The van der Waals surface area contributed by atoms with Crippen LogP contribution in [0.5, 0.6) is 5.88 Å². The molecule has 0 aliphatic heterocycles. The second-order valence-electron chi connectivity index (χ2n) is 3.84. The Hall–Kier alpha value is -0.600. The highest BCUT2D eigenvalue weighted by molar-refractivity contribution is 9.10. The van der Waals surface area contributed by atoms with Crippen LogP contribution in [0.4, 0.5) is 5.69 Å². The van der Waals surface area contributed by atoms with Crippen LogP contribution in [0.2, 0.25) is 10.0 Å². The third kappa shape index (κ3) is 4.46. The number of benzene rings is 1. The zero-order valence-electron chi connectivity index (χ0n) is 10.0. The molecule has 0 radical (unpaired) electrons. The molecule has 0 saturated carbocycles. The number of nitrogens with one attached hydrogen (secondary N) is 1. The molecule has 0 aliphatic carbocycles. The van der Waals surface area contributed by atoms with Crippen LogP contribution in [-0.4, -0.2) is 33.1 Å². The van der Waals surface area contributed by atoms with Gasteiger partial charge in [0.15, 0.2) is 0 Å². The summed E-state index contributed by atoms with van der Waals surface area (Å²) in [5, 5.41) is 13.8. The van der Waals surface area contributed by atoms with Crippen molar-refractivity contribution in [2.75, 3.05) is 18.5 Å². The first-order valence-electron chi connectivity index (χ1n) is 5.53. The van der Waals surface area contributed by atoms with E-state index in [2.05, 4.69) is 30.0 Å². The summed E-state index contributed by atoms with van der Waals surface area (Å²) >= 11 is 16.5. The number of nitrogens with zero attached hydrogens (tertiary/aromatic N) is 2. The predicted octanol–water partition coefficient (Wildman–Crippen LogP) is 3.46. The van der Waals surface area contributed by atoms with E-state index in [1.54, 1.807) is 12.1 Å². The van der Waals surface area contributed by atoms with Crippen molar-refractivity contribution in [1.29, 1.82) is 0 Å². The quantitative estimate of drug-likeness (QED) is 0.779. The van der Waals surface area contributed by atoms with Crippen molar-refractivity contribution in [2.24, 2.45) is 0 Å². The number of rotatable bonds is 6. The standard InChI is InChI=1S/C11H10BrCl2N3O2S/c12-6-1-8(13)11(9(14)2-6)15-3-7(18)5-19-10-4-16-20-17-10/h1-2,4,7,15,18H,3,5H2. The van der Waals surface area contributed by atoms with Gasteiger partial charge in [-0.15, -0.1) is 4.37 Å². The maximum absolute atomic E-state index is 9.82. The van der Waals surface area contributed by atoms with Crippen LogP contribution in [-0.2, 0) is 0 Å². The molecule has 0 aliphatic rings. The summed E-state index contributed by atoms with van der Waals surface area (Å²) in [5.74, 6) is 0.397. The first-order chi connectivity index (χ1) is 9.56. The SMILES string of the molecule is OC(CNc1c(Cl)cc(Br)cc1Cl)COc1cnsn1. The van der Waals surface area contributed by atoms with Gasteiger partial charge >= 0.3 is 0 Å². The zero-order chi connectivity index (χ0) is 14.5. The fraction of sp³-hybridized carbons (Fsp3) is 0.273. The van der Waals surface area contributed by atoms with E-state index in [0.29, 0.717) is 21.6 Å². The van der Waals surface area contributed by atoms with Gasteiger partial charge in [-0.1, -0.05) is 39.1 Å². The van der Waals surface area contributed by atoms with Crippen molar-refractivity contribution < 1.29 is 9.84 Å². The minimum atomic E-state index is -0.729. The molecule has 1 aromatic heterocycles. The van der Waals surface area contributed by atoms with Crippen LogP contribution >= 0.6 is 50.9 Å². The van der Waals surface area contributed by atoms with Gasteiger partial charge in [0, 0.05) is 11.0 Å². The average Bonchev–Trinajstić information content (AvgIpc) is 2.88. The molecule has 1 unspecified atom stereocenters. The van der Waals surface area contributed by atoms with E-state index in [4.69, 9.17) is 27.9 Å². The van der Waals surface area contributed by atoms with Crippen LogP contribution in [0, 0.1) is 0 Å². The molecule has 1 aromatic carbocycles. The van der Waals surface area contributed by atoms with Gasteiger partial charge in [-0.25, -0.2) is 0 Å². The molecule has 2 aromatic rings. The number of halogens is 3. The molecule has 2 N–H and O–H groups in total. The number of aromatic nitrogens is 2. The fourth-order valence-corrected chi connectivity index (χ4v) is 3.10. The van der Waals surface area contributed by atoms with E-state index in [-0.39, 0.29) is 13.2 Å². The van der Waals surface area contributed by atoms with Gasteiger partial charge in [-0.2, -0.15) is 4.37 Å². The highest BCUT2D eigenvalue weighted by atomic mass is 79.9. The first-order valence-corrected chi connectivity index (χ1v) is 7.81. The van der Waals surface area contributed by atoms with Crippen LogP contribution in [0.25, 0.3) is 0 Å². The summed E-state index contributed by atoms with van der Waals surface area (Å²) in [6, 6.07) is 3.44. The summed E-state index contributed by atoms with van der Waals surface area (Å²) in [7, 11) is 0. The largest absolute Gasteiger partial charge is 0.473 e. The lowest BCUT2D eigenvalue weighted by atomic mass is 10.3. The molecule has 1 heterocycles. The van der Waals surface area contributed by atoms with E-state index in [9.17, 15) is 5.11 Å². The smallest absolute Gasteiger partial charge is 0.245 e. The van der Waals surface area contributed by atoms with Gasteiger partial charge in [0.25, 0.3) is 0 Å². The van der Waals surface area contributed by atoms with Crippen molar-refractivity contribution >= 4 is 56.5 Å². The number of aliphatic hydroxyl groups is 1. The second kappa shape index (κ2) is 7.42. The Labute approximate surface area is 138 Å². The molecule has 0 saturated heterocycles. The number of hydrogen-bond acceptors (Lipinski definition) is 6. The van der Waals surface area contributed by atoms with Gasteiger partial charge < -0.3 is 15.2 Å². The molecule has 108 valence electrons. The maximum Gasteiger partial charge on any atom is 0.245 e. The lowest BCUT2D eigenvalue weighted by Crippen LogP contribution is -2.26. The molecule has 20 heavy (non-hydrogen) atoms. The minimum absolute atomic E-state index is 0.101. The normalized spacial score (nSPS) is 12.2. The van der Waals surface area contributed by atoms with Gasteiger partial charge in [0.05, 0.1) is 27.5 Å². The molecule has 2 rings (SSSR count). The van der Waals surface area contributed by atoms with E-state index < -0.39 is 6.10 Å². The molecule has 0 amide bonds. The lowest BCUT2D eigenvalue weighted by molar-refractivity contribution is 0.115. The number of aliphatic hydroxyl groups excluding tert-OH is 1. The van der Waals surface area contributed by atoms with E-state index >= 15 is 0 Å². The van der Waals surface area contributed by atoms with Gasteiger partial charge in [0.1, 0.15) is 18.9 Å². The van der Waals surface area contributed by atoms with Crippen LogP contribution in [0.3, 0.4) is 0 Å². The Morgan fingerprint density at radius 3 is 2.70 bits per heavy atom. The molecule has 0 spiro atoms. The lowest BCUT2D eigenvalue weighted by Gasteiger charge is -2.15. The van der Waals surface area contributed by atoms with Crippen LogP contribution < -0.4 is 10.1 Å². The molecule has 9 heteroatoms. The molecule has 0 bridgehead atoms. The van der Waals surface area contributed by atoms with Crippen molar-refractivity contribution in [2.45, 2.75) is 6.10 Å². The Kier molecular flexibility index (Phi) is 5.86. The predicted molar refractivity (Wildman–Crippen MR) is 84.1 cm³/mol. The van der Waals surface area contributed by atoms with Crippen molar-refractivity contribution in [3.63, 3.8) is 0 Å². The monoisotopic (exact) mass is 397 g/mol. The van der Waals surface area contributed by atoms with Crippen molar-refractivity contribution in [1.82, 2.24) is 8.75 Å². The van der Waals surface area contributed by atoms with Gasteiger partial charge in [0.2, 0.25) is 5.88 Å². The Morgan fingerprint density at radius 2 is 2.10 bits per heavy atom. The van der Waals surface area contributed by atoms with Gasteiger partial charge in [-0.3, -0.25) is 0 Å². The maximum atomic E-state index is 9.82. The Balaban J connectivity index is 1.85. The van der Waals surface area contributed by atoms with Crippen molar-refractivity contribution in [3.05, 3.63) is 32.8 Å². The summed E-state index contributed by atoms with van der Waals surface area (Å²) in [6.45, 7) is 0.350. The molecule has 5 nitrogen and oxygen atoms in total. The summed E-state index contributed by atoms with van der Waals surface area (Å²) < 4.78 is 13.7. The Bertz CT molecular complexity index is 548. The Morgan fingerprint density at radius 1 is 1.40 bits per heavy atom. The number of anilines is 1. The summed E-state index contributed by atoms with van der Waals surface area (Å²) in [4.78, 5) is 0.